The zero-order valence-electron chi connectivity index (χ0n) is 8.93. The summed E-state index contributed by atoms with van der Waals surface area (Å²) >= 11 is 0. The molecular formula is C10H13N3O3. The van der Waals surface area contributed by atoms with Gasteiger partial charge in [-0.05, 0) is 12.8 Å². The highest BCUT2D eigenvalue weighted by Crippen LogP contribution is 2.46. The standard InChI is InChI=1S/C10H13N3O3/c1-13-5-4-11-7(13)6-12-8(14)10(2-3-10)9(15)16/h4-5H,2-3,6H2,1H3,(H,12,14)(H,15,16). The summed E-state index contributed by atoms with van der Waals surface area (Å²) in [5.41, 5.74) is -1.18. The predicted octanol–water partition coefficient (Wildman–Crippen LogP) is -0.0989. The van der Waals surface area contributed by atoms with Crippen molar-refractivity contribution >= 4 is 11.9 Å². The van der Waals surface area contributed by atoms with E-state index in [4.69, 9.17) is 5.11 Å². The normalized spacial score (nSPS) is 16.8. The summed E-state index contributed by atoms with van der Waals surface area (Å²) < 4.78 is 1.78. The van der Waals surface area contributed by atoms with Gasteiger partial charge in [0.05, 0.1) is 6.54 Å². The predicted molar refractivity (Wildman–Crippen MR) is 54.4 cm³/mol. The molecule has 0 saturated heterocycles. The first-order chi connectivity index (χ1) is 7.56. The van der Waals surface area contributed by atoms with Gasteiger partial charge in [0.15, 0.2) is 0 Å². The van der Waals surface area contributed by atoms with Crippen LogP contribution in [0.3, 0.4) is 0 Å². The lowest BCUT2D eigenvalue weighted by molar-refractivity contribution is -0.149. The van der Waals surface area contributed by atoms with Crippen LogP contribution in [-0.4, -0.2) is 26.5 Å². The molecule has 2 rings (SSSR count). The van der Waals surface area contributed by atoms with Gasteiger partial charge in [0.1, 0.15) is 11.2 Å². The monoisotopic (exact) mass is 223 g/mol. The Bertz CT molecular complexity index is 434. The fraction of sp³-hybridized carbons (Fsp3) is 0.500. The number of hydrogen-bond donors (Lipinski definition) is 2. The topological polar surface area (TPSA) is 84.2 Å². The number of nitrogens with one attached hydrogen (secondary N) is 1. The lowest BCUT2D eigenvalue weighted by atomic mass is 10.1. The Labute approximate surface area is 92.3 Å². The molecule has 86 valence electrons. The molecule has 0 spiro atoms. The van der Waals surface area contributed by atoms with Crippen LogP contribution in [0, 0.1) is 5.41 Å². The third-order valence-corrected chi connectivity index (χ3v) is 2.92. The number of carbonyl (C=O) groups excluding carboxylic acids is 1. The molecule has 1 heterocycles. The molecule has 6 heteroatoms. The highest BCUT2D eigenvalue weighted by Gasteiger charge is 2.56. The Balaban J connectivity index is 1.95. The van der Waals surface area contributed by atoms with Gasteiger partial charge >= 0.3 is 5.97 Å². The fourth-order valence-corrected chi connectivity index (χ4v) is 1.56. The third-order valence-electron chi connectivity index (χ3n) is 2.92. The number of carbonyl (C=O) groups is 2. The first-order valence-corrected chi connectivity index (χ1v) is 5.04. The molecular weight excluding hydrogens is 210 g/mol. The summed E-state index contributed by atoms with van der Waals surface area (Å²) in [5, 5.41) is 11.5. The highest BCUT2D eigenvalue weighted by molar-refractivity contribution is 6.04. The highest BCUT2D eigenvalue weighted by atomic mass is 16.4. The fourth-order valence-electron chi connectivity index (χ4n) is 1.56. The van der Waals surface area contributed by atoms with Crippen LogP contribution in [0.15, 0.2) is 12.4 Å². The zero-order chi connectivity index (χ0) is 11.8. The smallest absolute Gasteiger partial charge is 0.319 e. The molecule has 2 N–H and O–H groups in total. The van der Waals surface area contributed by atoms with Gasteiger partial charge in [0, 0.05) is 19.4 Å². The van der Waals surface area contributed by atoms with Gasteiger partial charge in [0.2, 0.25) is 5.91 Å². The number of amides is 1. The molecule has 16 heavy (non-hydrogen) atoms. The van der Waals surface area contributed by atoms with E-state index in [0.717, 1.165) is 0 Å². The minimum atomic E-state index is -1.18. The van der Waals surface area contributed by atoms with Crippen LogP contribution in [0.1, 0.15) is 18.7 Å². The molecule has 1 saturated carbocycles. The van der Waals surface area contributed by atoms with E-state index in [0.29, 0.717) is 18.7 Å². The SMILES string of the molecule is Cn1ccnc1CNC(=O)C1(C(=O)O)CC1. The minimum absolute atomic E-state index is 0.261. The number of aryl methyl sites for hydroxylation is 1. The van der Waals surface area contributed by atoms with E-state index >= 15 is 0 Å². The summed E-state index contributed by atoms with van der Waals surface area (Å²) in [6, 6.07) is 0. The van der Waals surface area contributed by atoms with Gasteiger partial charge in [0.25, 0.3) is 0 Å². The second kappa shape index (κ2) is 3.62. The quantitative estimate of drug-likeness (QED) is 0.698. The van der Waals surface area contributed by atoms with E-state index in [1.165, 1.54) is 0 Å². The van der Waals surface area contributed by atoms with E-state index in [1.807, 2.05) is 7.05 Å². The van der Waals surface area contributed by atoms with E-state index in [-0.39, 0.29) is 6.54 Å². The number of nitrogens with zero attached hydrogens (tertiary/aromatic N) is 2. The van der Waals surface area contributed by atoms with Crippen molar-refractivity contribution in [2.75, 3.05) is 0 Å². The lowest BCUT2D eigenvalue weighted by Crippen LogP contribution is -2.37. The maximum absolute atomic E-state index is 11.6. The lowest BCUT2D eigenvalue weighted by Gasteiger charge is -2.10. The maximum Gasteiger partial charge on any atom is 0.319 e. The summed E-state index contributed by atoms with van der Waals surface area (Å²) in [6.07, 6.45) is 4.25. The molecule has 1 aromatic rings. The number of aliphatic carboxylic acids is 1. The molecule has 1 aliphatic rings. The van der Waals surface area contributed by atoms with Gasteiger partial charge in [-0.3, -0.25) is 9.59 Å². The molecule has 0 unspecified atom stereocenters. The van der Waals surface area contributed by atoms with Crippen molar-refractivity contribution in [1.82, 2.24) is 14.9 Å². The van der Waals surface area contributed by atoms with Gasteiger partial charge in [-0.15, -0.1) is 0 Å². The largest absolute Gasteiger partial charge is 0.480 e. The van der Waals surface area contributed by atoms with E-state index in [9.17, 15) is 9.59 Å². The van der Waals surface area contributed by atoms with E-state index < -0.39 is 17.3 Å². The summed E-state index contributed by atoms with van der Waals surface area (Å²) in [7, 11) is 1.82. The minimum Gasteiger partial charge on any atom is -0.480 e. The Hall–Kier alpha value is -1.85. The van der Waals surface area contributed by atoms with Gasteiger partial charge in [-0.25, -0.2) is 4.98 Å². The van der Waals surface area contributed by atoms with Crippen molar-refractivity contribution in [2.24, 2.45) is 12.5 Å². The van der Waals surface area contributed by atoms with Gasteiger partial charge in [-0.2, -0.15) is 0 Å². The zero-order valence-corrected chi connectivity index (χ0v) is 8.93. The molecule has 1 amide bonds. The van der Waals surface area contributed by atoms with Crippen LogP contribution in [0.5, 0.6) is 0 Å². The Morgan fingerprint density at radius 3 is 2.75 bits per heavy atom. The molecule has 0 bridgehead atoms. The first-order valence-electron chi connectivity index (χ1n) is 5.04. The maximum atomic E-state index is 11.6. The molecule has 6 nitrogen and oxygen atoms in total. The van der Waals surface area contributed by atoms with Crippen molar-refractivity contribution in [2.45, 2.75) is 19.4 Å². The molecule has 0 aliphatic heterocycles. The number of carboxylic acid groups (broad SMARTS) is 1. The second-order valence-electron chi connectivity index (χ2n) is 4.02. The van der Waals surface area contributed by atoms with Crippen LogP contribution in [0.25, 0.3) is 0 Å². The summed E-state index contributed by atoms with van der Waals surface area (Å²) in [5.74, 6) is -0.748. The van der Waals surface area contributed by atoms with Gasteiger partial charge < -0.3 is 15.0 Å². The van der Waals surface area contributed by atoms with Crippen molar-refractivity contribution < 1.29 is 14.7 Å². The van der Waals surface area contributed by atoms with Gasteiger partial charge in [-0.1, -0.05) is 0 Å². The third kappa shape index (κ3) is 1.66. The molecule has 0 radical (unpaired) electrons. The first kappa shape index (κ1) is 10.7. The molecule has 1 aliphatic carbocycles. The van der Waals surface area contributed by atoms with Crippen molar-refractivity contribution in [1.29, 1.82) is 0 Å². The van der Waals surface area contributed by atoms with E-state index in [1.54, 1.807) is 17.0 Å². The summed E-state index contributed by atoms with van der Waals surface area (Å²) in [4.78, 5) is 26.6. The Morgan fingerprint density at radius 1 is 1.62 bits per heavy atom. The number of hydrogen-bond acceptors (Lipinski definition) is 3. The van der Waals surface area contributed by atoms with Crippen molar-refractivity contribution in [3.8, 4) is 0 Å². The average Bonchev–Trinajstić information content (AvgIpc) is 2.95. The molecule has 1 fully saturated rings. The molecule has 0 atom stereocenters. The van der Waals surface area contributed by atoms with Crippen molar-refractivity contribution in [3.05, 3.63) is 18.2 Å². The van der Waals surface area contributed by atoms with Crippen LogP contribution < -0.4 is 5.32 Å². The number of carboxylic acids is 1. The van der Waals surface area contributed by atoms with Crippen LogP contribution in [0.4, 0.5) is 0 Å². The Morgan fingerprint density at radius 2 is 2.31 bits per heavy atom. The van der Waals surface area contributed by atoms with Crippen LogP contribution >= 0.6 is 0 Å². The number of imidazole rings is 1. The van der Waals surface area contributed by atoms with Crippen molar-refractivity contribution in [3.63, 3.8) is 0 Å². The molecule has 1 aromatic heterocycles. The average molecular weight is 223 g/mol. The molecule has 0 aromatic carbocycles. The second-order valence-corrected chi connectivity index (χ2v) is 4.02. The number of rotatable bonds is 4. The van der Waals surface area contributed by atoms with E-state index in [2.05, 4.69) is 10.3 Å². The Kier molecular flexibility index (Phi) is 2.41. The summed E-state index contributed by atoms with van der Waals surface area (Å²) in [6.45, 7) is 0.261. The number of aromatic nitrogens is 2. The van der Waals surface area contributed by atoms with Crippen LogP contribution in [0.2, 0.25) is 0 Å². The van der Waals surface area contributed by atoms with Crippen LogP contribution in [-0.2, 0) is 23.2 Å².